The van der Waals surface area contributed by atoms with Crippen LogP contribution in [0.4, 0.5) is 0 Å². The van der Waals surface area contributed by atoms with Gasteiger partial charge in [-0.3, -0.25) is 4.79 Å². The molecule has 1 N–H and O–H groups in total. The summed E-state index contributed by atoms with van der Waals surface area (Å²) in [5.74, 6) is 0.0863. The zero-order valence-electron chi connectivity index (χ0n) is 10.7. The van der Waals surface area contributed by atoms with E-state index in [9.17, 15) is 9.59 Å². The molecule has 0 aromatic heterocycles. The van der Waals surface area contributed by atoms with Crippen molar-refractivity contribution in [2.75, 3.05) is 7.11 Å². The van der Waals surface area contributed by atoms with Crippen molar-refractivity contribution in [3.05, 3.63) is 24.3 Å². The Morgan fingerprint density at radius 3 is 2.44 bits per heavy atom. The molecule has 18 heavy (non-hydrogen) atoms. The molecule has 0 aliphatic carbocycles. The largest absolute Gasteiger partial charge is 0.493 e. The number of carbonyl (C=O) groups is 2. The maximum atomic E-state index is 11.7. The van der Waals surface area contributed by atoms with Crippen LogP contribution < -0.4 is 14.8 Å². The Kier molecular flexibility index (Phi) is 5.17. The molecule has 5 nitrogen and oxygen atoms in total. The maximum absolute atomic E-state index is 11.7. The van der Waals surface area contributed by atoms with Crippen molar-refractivity contribution in [1.82, 2.24) is 5.32 Å². The Balaban J connectivity index is 2.66. The summed E-state index contributed by atoms with van der Waals surface area (Å²) in [5, 5.41) is 2.53. The van der Waals surface area contributed by atoms with Gasteiger partial charge < -0.3 is 14.8 Å². The van der Waals surface area contributed by atoms with Crippen LogP contribution in [0.1, 0.15) is 20.3 Å². The average Bonchev–Trinajstić information content (AvgIpc) is 2.39. The molecule has 98 valence electrons. The first-order chi connectivity index (χ1) is 8.58. The van der Waals surface area contributed by atoms with E-state index in [-0.39, 0.29) is 5.91 Å². The highest BCUT2D eigenvalue weighted by molar-refractivity contribution is 5.85. The van der Waals surface area contributed by atoms with Crippen molar-refractivity contribution in [1.29, 1.82) is 0 Å². The molecule has 1 aromatic rings. The van der Waals surface area contributed by atoms with E-state index in [2.05, 4.69) is 5.32 Å². The van der Waals surface area contributed by atoms with Gasteiger partial charge >= 0.3 is 5.97 Å². The van der Waals surface area contributed by atoms with Crippen LogP contribution >= 0.6 is 0 Å². The fourth-order valence-corrected chi connectivity index (χ4v) is 1.30. The van der Waals surface area contributed by atoms with Crippen LogP contribution in [0.25, 0.3) is 0 Å². The predicted molar refractivity (Wildman–Crippen MR) is 66.5 cm³/mol. The first-order valence-electron chi connectivity index (χ1n) is 5.72. The number of carbonyl (C=O) groups excluding carboxylic acids is 2. The molecule has 0 radical (unpaired) electrons. The molecule has 5 heteroatoms. The monoisotopic (exact) mass is 251 g/mol. The van der Waals surface area contributed by atoms with E-state index in [4.69, 9.17) is 9.47 Å². The number of nitrogens with one attached hydrogen (secondary N) is 1. The summed E-state index contributed by atoms with van der Waals surface area (Å²) in [6.07, 6.45) is 0.326. The summed E-state index contributed by atoms with van der Waals surface area (Å²) in [6, 6.07) is 6.14. The first-order valence-corrected chi connectivity index (χ1v) is 5.72. The van der Waals surface area contributed by atoms with Crippen LogP contribution in [0.3, 0.4) is 0 Å². The van der Waals surface area contributed by atoms with Crippen LogP contribution in [-0.4, -0.2) is 25.0 Å². The smallest absolute Gasteiger partial charge is 0.333 e. The second-order valence-electron chi connectivity index (χ2n) is 3.71. The molecule has 1 atom stereocenters. The van der Waals surface area contributed by atoms with Crippen molar-refractivity contribution in [2.24, 2.45) is 0 Å². The molecule has 0 aliphatic heterocycles. The molecule has 1 aromatic carbocycles. The summed E-state index contributed by atoms with van der Waals surface area (Å²) in [7, 11) is 1.49. The molecule has 0 spiro atoms. The maximum Gasteiger partial charge on any atom is 0.333 e. The lowest BCUT2D eigenvalue weighted by Crippen LogP contribution is -2.40. The summed E-state index contributed by atoms with van der Waals surface area (Å²) in [6.45, 7) is 3.29. The fraction of sp³-hybridized carbons (Fsp3) is 0.385. The minimum Gasteiger partial charge on any atom is -0.493 e. The van der Waals surface area contributed by atoms with Gasteiger partial charge in [0.15, 0.2) is 11.5 Å². The number of benzene rings is 1. The van der Waals surface area contributed by atoms with Crippen LogP contribution in [0.2, 0.25) is 0 Å². The molecule has 0 unspecified atom stereocenters. The lowest BCUT2D eigenvalue weighted by atomic mass is 10.3. The SMILES string of the molecule is CCC(=O)N[C@@H](C)C(=O)Oc1ccccc1OC. The van der Waals surface area contributed by atoms with Gasteiger partial charge in [-0.05, 0) is 19.1 Å². The van der Waals surface area contributed by atoms with Crippen LogP contribution in [0.15, 0.2) is 24.3 Å². The molecule has 0 saturated carbocycles. The number of hydrogen-bond donors (Lipinski definition) is 1. The van der Waals surface area contributed by atoms with Crippen LogP contribution in [-0.2, 0) is 9.59 Å². The van der Waals surface area contributed by atoms with E-state index in [1.807, 2.05) is 0 Å². The highest BCUT2D eigenvalue weighted by Gasteiger charge is 2.18. The zero-order valence-corrected chi connectivity index (χ0v) is 10.7. The van der Waals surface area contributed by atoms with E-state index in [0.29, 0.717) is 17.9 Å². The van der Waals surface area contributed by atoms with E-state index in [0.717, 1.165) is 0 Å². The summed E-state index contributed by atoms with van der Waals surface area (Å²) in [5.41, 5.74) is 0. The van der Waals surface area contributed by atoms with Crippen LogP contribution in [0.5, 0.6) is 11.5 Å². The molecule has 1 rings (SSSR count). The summed E-state index contributed by atoms with van der Waals surface area (Å²) < 4.78 is 10.2. The number of amides is 1. The van der Waals surface area contributed by atoms with Gasteiger partial charge in [-0.25, -0.2) is 4.79 Å². The van der Waals surface area contributed by atoms with E-state index in [1.165, 1.54) is 7.11 Å². The molecular formula is C13H17NO4. The Hall–Kier alpha value is -2.04. The van der Waals surface area contributed by atoms with E-state index >= 15 is 0 Å². The molecule has 0 fully saturated rings. The Morgan fingerprint density at radius 1 is 1.28 bits per heavy atom. The highest BCUT2D eigenvalue weighted by Crippen LogP contribution is 2.25. The van der Waals surface area contributed by atoms with Gasteiger partial charge in [-0.2, -0.15) is 0 Å². The Labute approximate surface area is 106 Å². The lowest BCUT2D eigenvalue weighted by molar-refractivity contribution is -0.138. The minimum atomic E-state index is -0.692. The third-order valence-electron chi connectivity index (χ3n) is 2.33. The quantitative estimate of drug-likeness (QED) is 0.636. The van der Waals surface area contributed by atoms with Crippen molar-refractivity contribution in [3.63, 3.8) is 0 Å². The molecule has 0 aliphatic rings. The average molecular weight is 251 g/mol. The van der Waals surface area contributed by atoms with Gasteiger partial charge in [0.25, 0.3) is 0 Å². The van der Waals surface area contributed by atoms with Gasteiger partial charge in [0.2, 0.25) is 5.91 Å². The number of hydrogen-bond acceptors (Lipinski definition) is 4. The number of esters is 1. The fourth-order valence-electron chi connectivity index (χ4n) is 1.30. The third kappa shape index (κ3) is 3.76. The van der Waals surface area contributed by atoms with E-state index < -0.39 is 12.0 Å². The third-order valence-corrected chi connectivity index (χ3v) is 2.33. The number of para-hydroxylation sites is 2. The number of rotatable bonds is 5. The molecular weight excluding hydrogens is 234 g/mol. The molecule has 0 heterocycles. The van der Waals surface area contributed by atoms with Gasteiger partial charge in [-0.15, -0.1) is 0 Å². The van der Waals surface area contributed by atoms with Gasteiger partial charge in [0.05, 0.1) is 7.11 Å². The van der Waals surface area contributed by atoms with Crippen molar-refractivity contribution < 1.29 is 19.1 Å². The van der Waals surface area contributed by atoms with Crippen LogP contribution in [0, 0.1) is 0 Å². The number of methoxy groups -OCH3 is 1. The Bertz CT molecular complexity index is 431. The van der Waals surface area contributed by atoms with Gasteiger partial charge in [-0.1, -0.05) is 19.1 Å². The lowest BCUT2D eigenvalue weighted by Gasteiger charge is -2.14. The second kappa shape index (κ2) is 6.64. The molecule has 0 bridgehead atoms. The normalized spacial score (nSPS) is 11.5. The number of ether oxygens (including phenoxy) is 2. The zero-order chi connectivity index (χ0) is 13.5. The van der Waals surface area contributed by atoms with Gasteiger partial charge in [0, 0.05) is 6.42 Å². The van der Waals surface area contributed by atoms with Crippen molar-refractivity contribution >= 4 is 11.9 Å². The summed E-state index contributed by atoms with van der Waals surface area (Å²) in [4.78, 5) is 22.9. The first kappa shape index (κ1) is 14.0. The van der Waals surface area contributed by atoms with E-state index in [1.54, 1.807) is 38.1 Å². The van der Waals surface area contributed by atoms with Crippen molar-refractivity contribution in [3.8, 4) is 11.5 Å². The molecule has 1 amide bonds. The van der Waals surface area contributed by atoms with Gasteiger partial charge in [0.1, 0.15) is 6.04 Å². The predicted octanol–water partition coefficient (Wildman–Crippen LogP) is 1.52. The topological polar surface area (TPSA) is 64.6 Å². The second-order valence-corrected chi connectivity index (χ2v) is 3.71. The van der Waals surface area contributed by atoms with Crippen molar-refractivity contribution in [2.45, 2.75) is 26.3 Å². The summed E-state index contributed by atoms with van der Waals surface area (Å²) >= 11 is 0. The molecule has 0 saturated heterocycles. The standard InChI is InChI=1S/C13H17NO4/c1-4-12(15)14-9(2)13(16)18-11-8-6-5-7-10(11)17-3/h5-9H,4H2,1-3H3,(H,14,15)/t9-/m0/s1. The minimum absolute atomic E-state index is 0.195. The Morgan fingerprint density at radius 2 is 1.89 bits per heavy atom. The highest BCUT2D eigenvalue weighted by atomic mass is 16.6.